The predicted molar refractivity (Wildman–Crippen MR) is 53.8 cm³/mol. The standard InChI is InChI=1S/C7H4FN.2C2H6/c8-7-4-2-1-3-6(7)5-9;2*1-2/h1-4H;2*1-2H3. The van der Waals surface area contributed by atoms with Crippen molar-refractivity contribution in [3.63, 3.8) is 0 Å². The number of benzene rings is 1. The number of rotatable bonds is 0. The molecule has 0 spiro atoms. The van der Waals surface area contributed by atoms with Gasteiger partial charge in [-0.1, -0.05) is 39.8 Å². The van der Waals surface area contributed by atoms with Crippen molar-refractivity contribution < 1.29 is 4.39 Å². The van der Waals surface area contributed by atoms with Crippen LogP contribution in [0.25, 0.3) is 0 Å². The van der Waals surface area contributed by atoms with Crippen LogP contribution in [0.15, 0.2) is 24.3 Å². The smallest absolute Gasteiger partial charge is 0.140 e. The highest BCUT2D eigenvalue weighted by Crippen LogP contribution is 2.02. The molecule has 0 aliphatic carbocycles. The van der Waals surface area contributed by atoms with Gasteiger partial charge in [-0.05, 0) is 12.1 Å². The van der Waals surface area contributed by atoms with Crippen LogP contribution < -0.4 is 0 Å². The highest BCUT2D eigenvalue weighted by molar-refractivity contribution is 5.29. The highest BCUT2D eigenvalue weighted by Gasteiger charge is 1.94. The van der Waals surface area contributed by atoms with Crippen LogP contribution in [0.2, 0.25) is 0 Å². The van der Waals surface area contributed by atoms with Gasteiger partial charge in [-0.15, -0.1) is 0 Å². The quantitative estimate of drug-likeness (QED) is 0.598. The third-order valence-electron chi connectivity index (χ3n) is 0.994. The molecule has 0 fully saturated rings. The molecule has 0 aliphatic heterocycles. The van der Waals surface area contributed by atoms with Gasteiger partial charge in [0, 0.05) is 0 Å². The minimum Gasteiger partial charge on any atom is -0.206 e. The predicted octanol–water partition coefficient (Wildman–Crippen LogP) is 3.75. The Bertz CT molecular complexity index is 251. The van der Waals surface area contributed by atoms with E-state index >= 15 is 0 Å². The molecule has 0 N–H and O–H groups in total. The fraction of sp³-hybridized carbons (Fsp3) is 0.364. The fourth-order valence-electron chi connectivity index (χ4n) is 0.552. The Labute approximate surface area is 79.8 Å². The number of halogens is 1. The molecule has 0 aromatic heterocycles. The first kappa shape index (κ1) is 14.2. The summed E-state index contributed by atoms with van der Waals surface area (Å²) < 4.78 is 12.4. The summed E-state index contributed by atoms with van der Waals surface area (Å²) >= 11 is 0. The van der Waals surface area contributed by atoms with E-state index in [1.807, 2.05) is 27.7 Å². The van der Waals surface area contributed by atoms with Gasteiger partial charge < -0.3 is 0 Å². The van der Waals surface area contributed by atoms with E-state index in [-0.39, 0.29) is 5.56 Å². The van der Waals surface area contributed by atoms with E-state index in [4.69, 9.17) is 5.26 Å². The van der Waals surface area contributed by atoms with Crippen LogP contribution in [-0.4, -0.2) is 0 Å². The van der Waals surface area contributed by atoms with E-state index in [0.29, 0.717) is 0 Å². The molecule has 1 aromatic carbocycles. The third-order valence-corrected chi connectivity index (χ3v) is 0.994. The van der Waals surface area contributed by atoms with Gasteiger partial charge in [0.05, 0.1) is 5.56 Å². The summed E-state index contributed by atoms with van der Waals surface area (Å²) in [5, 5.41) is 8.23. The first-order chi connectivity index (χ1) is 6.34. The monoisotopic (exact) mass is 181 g/mol. The van der Waals surface area contributed by atoms with Crippen LogP contribution in [0.1, 0.15) is 33.3 Å². The van der Waals surface area contributed by atoms with E-state index in [0.717, 1.165) is 0 Å². The molecule has 1 nitrogen and oxygen atoms in total. The maximum atomic E-state index is 12.4. The van der Waals surface area contributed by atoms with Gasteiger partial charge in [0.15, 0.2) is 0 Å². The van der Waals surface area contributed by atoms with E-state index < -0.39 is 5.82 Å². The summed E-state index contributed by atoms with van der Waals surface area (Å²) in [6.07, 6.45) is 0. The molecule has 0 unspecified atom stereocenters. The Morgan fingerprint density at radius 1 is 1.08 bits per heavy atom. The van der Waals surface area contributed by atoms with Crippen LogP contribution in [0, 0.1) is 17.1 Å². The Hall–Kier alpha value is -1.36. The lowest BCUT2D eigenvalue weighted by molar-refractivity contribution is 0.624. The Morgan fingerprint density at radius 3 is 1.85 bits per heavy atom. The lowest BCUT2D eigenvalue weighted by Gasteiger charge is -1.86. The average Bonchev–Trinajstić information content (AvgIpc) is 2.24. The lowest BCUT2D eigenvalue weighted by atomic mass is 10.2. The molecule has 1 aromatic rings. The number of hydrogen-bond acceptors (Lipinski definition) is 1. The van der Waals surface area contributed by atoms with Gasteiger partial charge in [0.1, 0.15) is 11.9 Å². The maximum Gasteiger partial charge on any atom is 0.140 e. The minimum atomic E-state index is -0.458. The van der Waals surface area contributed by atoms with E-state index in [1.54, 1.807) is 18.2 Å². The molecule has 0 aliphatic rings. The van der Waals surface area contributed by atoms with Gasteiger partial charge in [0.2, 0.25) is 0 Å². The average molecular weight is 181 g/mol. The zero-order chi connectivity index (χ0) is 10.7. The molecule has 1 rings (SSSR count). The molecule has 0 amide bonds. The van der Waals surface area contributed by atoms with Crippen LogP contribution in [0.4, 0.5) is 4.39 Å². The summed E-state index contributed by atoms with van der Waals surface area (Å²) in [5.41, 5.74) is 0.0949. The van der Waals surface area contributed by atoms with Crippen LogP contribution in [0.5, 0.6) is 0 Å². The fourth-order valence-corrected chi connectivity index (χ4v) is 0.552. The largest absolute Gasteiger partial charge is 0.206 e. The van der Waals surface area contributed by atoms with Crippen molar-refractivity contribution in [1.82, 2.24) is 0 Å². The topological polar surface area (TPSA) is 23.8 Å². The molecule has 0 heterocycles. The van der Waals surface area contributed by atoms with E-state index in [1.165, 1.54) is 12.1 Å². The summed E-state index contributed by atoms with van der Waals surface area (Å²) in [5.74, 6) is -0.458. The van der Waals surface area contributed by atoms with Crippen molar-refractivity contribution in [3.05, 3.63) is 35.6 Å². The molecule has 13 heavy (non-hydrogen) atoms. The van der Waals surface area contributed by atoms with Crippen LogP contribution in [-0.2, 0) is 0 Å². The molecule has 72 valence electrons. The Morgan fingerprint density at radius 2 is 1.54 bits per heavy atom. The van der Waals surface area contributed by atoms with Gasteiger partial charge in [-0.25, -0.2) is 4.39 Å². The summed E-state index contributed by atoms with van der Waals surface area (Å²) in [4.78, 5) is 0. The first-order valence-corrected chi connectivity index (χ1v) is 4.49. The zero-order valence-electron chi connectivity index (χ0n) is 8.63. The molecular formula is C11H16FN. The molecular weight excluding hydrogens is 165 g/mol. The Kier molecular flexibility index (Phi) is 11.6. The van der Waals surface area contributed by atoms with Crippen LogP contribution in [0.3, 0.4) is 0 Å². The third kappa shape index (κ3) is 5.86. The van der Waals surface area contributed by atoms with Crippen molar-refractivity contribution in [1.29, 1.82) is 5.26 Å². The summed E-state index contributed by atoms with van der Waals surface area (Å²) in [7, 11) is 0. The number of nitriles is 1. The van der Waals surface area contributed by atoms with Gasteiger partial charge in [-0.3, -0.25) is 0 Å². The van der Waals surface area contributed by atoms with Crippen molar-refractivity contribution in [3.8, 4) is 6.07 Å². The molecule has 0 saturated carbocycles. The van der Waals surface area contributed by atoms with Crippen molar-refractivity contribution >= 4 is 0 Å². The van der Waals surface area contributed by atoms with Gasteiger partial charge >= 0.3 is 0 Å². The molecule has 0 saturated heterocycles. The molecule has 0 atom stereocenters. The molecule has 2 heteroatoms. The molecule has 0 radical (unpaired) electrons. The molecule has 0 bridgehead atoms. The van der Waals surface area contributed by atoms with Gasteiger partial charge in [0.25, 0.3) is 0 Å². The maximum absolute atomic E-state index is 12.4. The van der Waals surface area contributed by atoms with Gasteiger partial charge in [-0.2, -0.15) is 5.26 Å². The zero-order valence-corrected chi connectivity index (χ0v) is 8.63. The number of nitrogens with zero attached hydrogens (tertiary/aromatic N) is 1. The first-order valence-electron chi connectivity index (χ1n) is 4.49. The second kappa shape index (κ2) is 10.6. The summed E-state index contributed by atoms with van der Waals surface area (Å²) in [6.45, 7) is 8.00. The van der Waals surface area contributed by atoms with Crippen molar-refractivity contribution in [2.24, 2.45) is 0 Å². The van der Waals surface area contributed by atoms with E-state index in [2.05, 4.69) is 0 Å². The van der Waals surface area contributed by atoms with Crippen molar-refractivity contribution in [2.45, 2.75) is 27.7 Å². The Balaban J connectivity index is 0. The minimum absolute atomic E-state index is 0.0949. The second-order valence-electron chi connectivity index (χ2n) is 1.59. The summed E-state index contributed by atoms with van der Waals surface area (Å²) in [6, 6.07) is 7.60. The highest BCUT2D eigenvalue weighted by atomic mass is 19.1. The van der Waals surface area contributed by atoms with Crippen LogP contribution >= 0.6 is 0 Å². The van der Waals surface area contributed by atoms with Crippen molar-refractivity contribution in [2.75, 3.05) is 0 Å². The normalized spacial score (nSPS) is 6.77. The van der Waals surface area contributed by atoms with E-state index in [9.17, 15) is 4.39 Å². The SMILES string of the molecule is CC.CC.N#Cc1ccccc1F. The number of hydrogen-bond donors (Lipinski definition) is 0. The lowest BCUT2D eigenvalue weighted by Crippen LogP contribution is -1.78. The second-order valence-corrected chi connectivity index (χ2v) is 1.59.